The Labute approximate surface area is 206 Å². The smallest absolute Gasteiger partial charge is 0.374 e. The fraction of sp³-hybridized carbons (Fsp3) is 0.259. The highest BCUT2D eigenvalue weighted by Gasteiger charge is 2.35. The summed E-state index contributed by atoms with van der Waals surface area (Å²) in [7, 11) is 1.98. The minimum atomic E-state index is -4.60. The Morgan fingerprint density at radius 2 is 1.67 bits per heavy atom. The molecule has 36 heavy (non-hydrogen) atoms. The molecule has 0 spiro atoms. The van der Waals surface area contributed by atoms with Gasteiger partial charge in [-0.2, -0.15) is 18.4 Å². The number of imidazole rings is 1. The Morgan fingerprint density at radius 1 is 0.972 bits per heavy atom. The number of hydrogen-bond donors (Lipinski definition) is 1. The molecule has 0 amide bonds. The van der Waals surface area contributed by atoms with Crippen LogP contribution in [0.5, 0.6) is 0 Å². The predicted molar refractivity (Wildman–Crippen MR) is 130 cm³/mol. The number of likely N-dealkylation sites (N-methyl/N-ethyl adjacent to an activating group) is 1. The summed E-state index contributed by atoms with van der Waals surface area (Å²) in [6.07, 6.45) is -2.42. The van der Waals surface area contributed by atoms with Crippen molar-refractivity contribution in [3.05, 3.63) is 83.7 Å². The molecule has 1 N–H and O–H groups in total. The van der Waals surface area contributed by atoms with Crippen molar-refractivity contribution in [3.8, 4) is 28.5 Å². The van der Waals surface area contributed by atoms with Gasteiger partial charge in [0.25, 0.3) is 0 Å². The lowest BCUT2D eigenvalue weighted by atomic mass is 9.97. The standard InChI is InChI=1S/C27H24F3N5O/c1-33-10-12-34(13-11-33)26(36)20-6-8-22(23(14-20)27(28,29)30)21-7-9-25-32-16-24(35(25)17-21)19-4-2-18(15-31)3-5-19/h2-9,14,16-17,26,36H,10-13H2,1H3. The fourth-order valence-corrected chi connectivity index (χ4v) is 4.56. The zero-order valence-electron chi connectivity index (χ0n) is 19.6. The van der Waals surface area contributed by atoms with E-state index in [0.717, 1.165) is 24.7 Å². The zero-order valence-corrected chi connectivity index (χ0v) is 19.6. The second-order valence-electron chi connectivity index (χ2n) is 8.99. The van der Waals surface area contributed by atoms with Gasteiger partial charge in [0, 0.05) is 37.9 Å². The van der Waals surface area contributed by atoms with E-state index in [-0.39, 0.29) is 11.1 Å². The largest absolute Gasteiger partial charge is 0.417 e. The topological polar surface area (TPSA) is 67.8 Å². The molecule has 2 aromatic carbocycles. The Balaban J connectivity index is 1.54. The third kappa shape index (κ3) is 4.58. The molecule has 6 nitrogen and oxygen atoms in total. The summed E-state index contributed by atoms with van der Waals surface area (Å²) >= 11 is 0. The van der Waals surface area contributed by atoms with E-state index in [1.165, 1.54) is 6.07 Å². The van der Waals surface area contributed by atoms with Crippen molar-refractivity contribution in [3.63, 3.8) is 0 Å². The molecule has 1 atom stereocenters. The Morgan fingerprint density at radius 3 is 2.33 bits per heavy atom. The van der Waals surface area contributed by atoms with Crippen LogP contribution in [0.2, 0.25) is 0 Å². The van der Waals surface area contributed by atoms with Gasteiger partial charge in [0.05, 0.1) is 29.1 Å². The summed E-state index contributed by atoms with van der Waals surface area (Å²) in [4.78, 5) is 8.28. The summed E-state index contributed by atoms with van der Waals surface area (Å²) in [5.41, 5.74) is 2.43. The molecule has 1 aliphatic heterocycles. The molecule has 0 saturated carbocycles. The molecule has 9 heteroatoms. The van der Waals surface area contributed by atoms with Gasteiger partial charge < -0.3 is 10.0 Å². The lowest BCUT2D eigenvalue weighted by Crippen LogP contribution is -2.45. The van der Waals surface area contributed by atoms with Gasteiger partial charge in [-0.1, -0.05) is 24.3 Å². The van der Waals surface area contributed by atoms with Crippen LogP contribution in [0.3, 0.4) is 0 Å². The second-order valence-corrected chi connectivity index (χ2v) is 8.99. The number of halogens is 3. The van der Waals surface area contributed by atoms with E-state index in [0.29, 0.717) is 35.6 Å². The SMILES string of the molecule is CN1CCN(C(O)c2ccc(-c3ccc4ncc(-c5ccc(C#N)cc5)n4c3)c(C(F)(F)F)c2)CC1. The quantitative estimate of drug-likeness (QED) is 0.444. The molecular formula is C27H24F3N5O. The first-order valence-electron chi connectivity index (χ1n) is 11.5. The Hall–Kier alpha value is -3.71. The van der Waals surface area contributed by atoms with Crippen LogP contribution < -0.4 is 0 Å². The van der Waals surface area contributed by atoms with E-state index in [2.05, 4.69) is 16.0 Å². The van der Waals surface area contributed by atoms with Gasteiger partial charge in [-0.25, -0.2) is 4.98 Å². The number of piperazine rings is 1. The maximum atomic E-state index is 14.2. The Bertz CT molecular complexity index is 1430. The van der Waals surface area contributed by atoms with Gasteiger partial charge >= 0.3 is 6.18 Å². The van der Waals surface area contributed by atoms with E-state index < -0.39 is 18.0 Å². The molecule has 5 rings (SSSR count). The maximum Gasteiger partial charge on any atom is 0.417 e. The number of pyridine rings is 1. The highest BCUT2D eigenvalue weighted by atomic mass is 19.4. The molecule has 1 fully saturated rings. The highest BCUT2D eigenvalue weighted by Crippen LogP contribution is 2.39. The average Bonchev–Trinajstić information content (AvgIpc) is 3.31. The normalized spacial score (nSPS) is 16.2. The van der Waals surface area contributed by atoms with Gasteiger partial charge in [-0.3, -0.25) is 9.30 Å². The zero-order chi connectivity index (χ0) is 25.4. The van der Waals surface area contributed by atoms with Crippen LogP contribution in [0.4, 0.5) is 13.2 Å². The lowest BCUT2D eigenvalue weighted by Gasteiger charge is -2.35. The maximum absolute atomic E-state index is 14.2. The predicted octanol–water partition coefficient (Wildman–Crippen LogP) is 4.80. The first-order valence-corrected chi connectivity index (χ1v) is 11.5. The molecule has 4 aromatic rings. The second kappa shape index (κ2) is 9.39. The number of rotatable bonds is 4. The van der Waals surface area contributed by atoms with Gasteiger partial charge in [0.2, 0.25) is 0 Å². The number of hydrogen-bond acceptors (Lipinski definition) is 5. The monoisotopic (exact) mass is 491 g/mol. The third-order valence-corrected chi connectivity index (χ3v) is 6.66. The van der Waals surface area contributed by atoms with Crippen molar-refractivity contribution < 1.29 is 18.3 Å². The molecule has 0 bridgehead atoms. The third-order valence-electron chi connectivity index (χ3n) is 6.66. The molecule has 184 valence electrons. The minimum absolute atomic E-state index is 0.0261. The van der Waals surface area contributed by atoms with Gasteiger partial charge in [-0.15, -0.1) is 0 Å². The van der Waals surface area contributed by atoms with Crippen LogP contribution in [0.1, 0.15) is 22.9 Å². The summed E-state index contributed by atoms with van der Waals surface area (Å²) in [5, 5.41) is 19.8. The fourth-order valence-electron chi connectivity index (χ4n) is 4.56. The highest BCUT2D eigenvalue weighted by molar-refractivity contribution is 5.72. The lowest BCUT2D eigenvalue weighted by molar-refractivity contribution is -0.137. The van der Waals surface area contributed by atoms with Crippen LogP contribution in [0.25, 0.3) is 28.0 Å². The summed E-state index contributed by atoms with van der Waals surface area (Å²) in [6.45, 7) is 2.65. The molecule has 2 aromatic heterocycles. The van der Waals surface area contributed by atoms with Crippen LogP contribution in [-0.4, -0.2) is 57.5 Å². The van der Waals surface area contributed by atoms with Crippen LogP contribution in [0.15, 0.2) is 67.0 Å². The summed E-state index contributed by atoms with van der Waals surface area (Å²) in [6, 6.07) is 16.3. The van der Waals surface area contributed by atoms with Crippen molar-refractivity contribution >= 4 is 5.65 Å². The number of fused-ring (bicyclic) bond motifs is 1. The van der Waals surface area contributed by atoms with Crippen LogP contribution >= 0.6 is 0 Å². The van der Waals surface area contributed by atoms with E-state index >= 15 is 0 Å². The first-order chi connectivity index (χ1) is 17.2. The van der Waals surface area contributed by atoms with Crippen LogP contribution in [0, 0.1) is 11.3 Å². The van der Waals surface area contributed by atoms with Gasteiger partial charge in [-0.05, 0) is 54.1 Å². The molecule has 0 aliphatic carbocycles. The number of nitriles is 1. The van der Waals surface area contributed by atoms with Gasteiger partial charge in [0.1, 0.15) is 11.9 Å². The van der Waals surface area contributed by atoms with Crippen molar-refractivity contribution in [2.45, 2.75) is 12.4 Å². The number of alkyl halides is 3. The molecule has 1 unspecified atom stereocenters. The minimum Gasteiger partial charge on any atom is -0.374 e. The van der Waals surface area contributed by atoms with Crippen molar-refractivity contribution in [1.82, 2.24) is 19.2 Å². The van der Waals surface area contributed by atoms with Crippen molar-refractivity contribution in [2.75, 3.05) is 33.2 Å². The van der Waals surface area contributed by atoms with Crippen molar-refractivity contribution in [2.24, 2.45) is 0 Å². The average molecular weight is 492 g/mol. The first kappa shape index (κ1) is 24.0. The van der Waals surface area contributed by atoms with E-state index in [9.17, 15) is 18.3 Å². The number of nitrogens with zero attached hydrogens (tertiary/aromatic N) is 5. The summed E-state index contributed by atoms with van der Waals surface area (Å²) in [5.74, 6) is 0. The molecule has 1 aliphatic rings. The van der Waals surface area contributed by atoms with E-state index in [1.54, 1.807) is 64.2 Å². The van der Waals surface area contributed by atoms with E-state index in [1.807, 2.05) is 7.05 Å². The number of aromatic nitrogens is 2. The molecule has 1 saturated heterocycles. The van der Waals surface area contributed by atoms with Crippen LogP contribution in [-0.2, 0) is 6.18 Å². The van der Waals surface area contributed by atoms with E-state index in [4.69, 9.17) is 5.26 Å². The number of aliphatic hydroxyl groups excluding tert-OH is 1. The van der Waals surface area contributed by atoms with Crippen molar-refractivity contribution in [1.29, 1.82) is 5.26 Å². The molecular weight excluding hydrogens is 467 g/mol. The summed E-state index contributed by atoms with van der Waals surface area (Å²) < 4.78 is 44.3. The molecule has 3 heterocycles. The molecule has 0 radical (unpaired) electrons. The van der Waals surface area contributed by atoms with Gasteiger partial charge in [0.15, 0.2) is 0 Å². The Kier molecular flexibility index (Phi) is 6.26. The number of benzene rings is 2. The number of aliphatic hydroxyl groups is 1.